The Morgan fingerprint density at radius 2 is 2.09 bits per heavy atom. The fourth-order valence-electron chi connectivity index (χ4n) is 2.24. The molecule has 0 saturated carbocycles. The normalized spacial score (nSPS) is 10.7. The monoisotopic (exact) mass is 373 g/mol. The molecule has 0 fully saturated rings. The van der Waals surface area contributed by atoms with Crippen LogP contribution in [0.3, 0.4) is 0 Å². The van der Waals surface area contributed by atoms with Crippen molar-refractivity contribution >= 4 is 27.7 Å². The Bertz CT molecular complexity index is 823. The largest absolute Gasteiger partial charge is 0.309 e. The van der Waals surface area contributed by atoms with E-state index in [9.17, 15) is 4.79 Å². The van der Waals surface area contributed by atoms with E-state index in [2.05, 4.69) is 31.4 Å². The molecule has 118 valence electrons. The van der Waals surface area contributed by atoms with Crippen LogP contribution in [0, 0.1) is 6.92 Å². The van der Waals surface area contributed by atoms with Gasteiger partial charge in [-0.25, -0.2) is 4.68 Å². The quantitative estimate of drug-likeness (QED) is 0.747. The molecule has 3 rings (SSSR count). The van der Waals surface area contributed by atoms with Crippen LogP contribution in [0.25, 0.3) is 0 Å². The zero-order valence-electron chi connectivity index (χ0n) is 12.6. The summed E-state index contributed by atoms with van der Waals surface area (Å²) in [5.41, 5.74) is 2.12. The molecule has 0 aliphatic rings. The molecule has 0 bridgehead atoms. The van der Waals surface area contributed by atoms with Crippen LogP contribution < -0.4 is 5.32 Å². The van der Waals surface area contributed by atoms with E-state index in [4.69, 9.17) is 0 Å². The van der Waals surface area contributed by atoms with Gasteiger partial charge in [-0.05, 0) is 24.1 Å². The topological polar surface area (TPSA) is 64.7 Å². The average molecular weight is 374 g/mol. The highest BCUT2D eigenvalue weighted by molar-refractivity contribution is 9.10. The zero-order valence-corrected chi connectivity index (χ0v) is 14.2. The van der Waals surface area contributed by atoms with Gasteiger partial charge < -0.3 is 5.32 Å². The number of amides is 1. The van der Waals surface area contributed by atoms with Gasteiger partial charge in [-0.1, -0.05) is 34.1 Å². The summed E-state index contributed by atoms with van der Waals surface area (Å²) in [6.45, 7) is 2.69. The number of aromatic nitrogens is 4. The van der Waals surface area contributed by atoms with Gasteiger partial charge in [0.15, 0.2) is 0 Å². The molecule has 0 spiro atoms. The van der Waals surface area contributed by atoms with Crippen molar-refractivity contribution in [2.45, 2.75) is 20.0 Å². The number of hydrogen-bond acceptors (Lipinski definition) is 3. The van der Waals surface area contributed by atoms with E-state index in [1.807, 2.05) is 37.4 Å². The van der Waals surface area contributed by atoms with Crippen molar-refractivity contribution in [1.29, 1.82) is 0 Å². The zero-order chi connectivity index (χ0) is 16.2. The molecular weight excluding hydrogens is 358 g/mol. The molecule has 1 N–H and O–H groups in total. The lowest BCUT2D eigenvalue weighted by molar-refractivity contribution is -0.116. The van der Waals surface area contributed by atoms with E-state index >= 15 is 0 Å². The highest BCUT2D eigenvalue weighted by Crippen LogP contribution is 2.18. The summed E-state index contributed by atoms with van der Waals surface area (Å²) in [6.07, 6.45) is 5.23. The first-order valence-corrected chi connectivity index (χ1v) is 7.95. The summed E-state index contributed by atoms with van der Waals surface area (Å²) >= 11 is 3.52. The Morgan fingerprint density at radius 3 is 2.83 bits per heavy atom. The molecule has 3 aromatic rings. The van der Waals surface area contributed by atoms with Crippen LogP contribution in [0.5, 0.6) is 0 Å². The Balaban J connectivity index is 1.68. The summed E-state index contributed by atoms with van der Waals surface area (Å²) in [6, 6.07) is 9.72. The second kappa shape index (κ2) is 6.78. The molecule has 6 nitrogen and oxygen atoms in total. The minimum atomic E-state index is -0.137. The minimum absolute atomic E-state index is 0.137. The van der Waals surface area contributed by atoms with Gasteiger partial charge in [0.25, 0.3) is 0 Å². The van der Waals surface area contributed by atoms with E-state index in [1.165, 1.54) is 0 Å². The molecule has 2 aromatic heterocycles. The molecule has 1 aromatic carbocycles. The second-order valence-corrected chi connectivity index (χ2v) is 6.08. The van der Waals surface area contributed by atoms with E-state index in [0.717, 1.165) is 15.6 Å². The highest BCUT2D eigenvalue weighted by atomic mass is 79.9. The Morgan fingerprint density at radius 1 is 1.26 bits per heavy atom. The van der Waals surface area contributed by atoms with E-state index in [-0.39, 0.29) is 12.5 Å². The Hall–Kier alpha value is -2.41. The first kappa shape index (κ1) is 15.5. The fraction of sp³-hybridized carbons (Fsp3) is 0.188. The summed E-state index contributed by atoms with van der Waals surface area (Å²) in [5, 5.41) is 11.3. The maximum Gasteiger partial charge on any atom is 0.247 e. The number of nitrogens with one attached hydrogen (secondary N) is 1. The van der Waals surface area contributed by atoms with E-state index in [0.29, 0.717) is 12.4 Å². The molecule has 0 aliphatic heterocycles. The van der Waals surface area contributed by atoms with Crippen LogP contribution in [0.4, 0.5) is 5.82 Å². The highest BCUT2D eigenvalue weighted by Gasteiger charge is 2.10. The summed E-state index contributed by atoms with van der Waals surface area (Å²) in [4.78, 5) is 12.1. The van der Waals surface area contributed by atoms with Gasteiger partial charge >= 0.3 is 0 Å². The Labute approximate surface area is 142 Å². The molecule has 7 heteroatoms. The van der Waals surface area contributed by atoms with Crippen LogP contribution in [-0.4, -0.2) is 25.5 Å². The third-order valence-corrected chi connectivity index (χ3v) is 4.10. The molecule has 1 amide bonds. The lowest BCUT2D eigenvalue weighted by Crippen LogP contribution is -2.21. The first-order chi connectivity index (χ1) is 11.1. The smallest absolute Gasteiger partial charge is 0.247 e. The number of carbonyl (C=O) groups is 1. The van der Waals surface area contributed by atoms with Gasteiger partial charge in [-0.15, -0.1) is 0 Å². The standard InChI is InChI=1S/C16H16BrN5O/c1-12-8-19-21(9-12)11-16(23)20-15-6-7-18-22(15)10-13-4-2-3-5-14(13)17/h2-9H,10-11H2,1H3,(H,20,23). The van der Waals surface area contributed by atoms with Gasteiger partial charge in [0, 0.05) is 16.7 Å². The maximum absolute atomic E-state index is 12.1. The third-order valence-electron chi connectivity index (χ3n) is 3.33. The maximum atomic E-state index is 12.1. The molecule has 0 atom stereocenters. The van der Waals surface area contributed by atoms with Crippen molar-refractivity contribution in [3.63, 3.8) is 0 Å². The van der Waals surface area contributed by atoms with E-state index in [1.54, 1.807) is 27.8 Å². The SMILES string of the molecule is Cc1cnn(CC(=O)Nc2ccnn2Cc2ccccc2Br)c1. The number of benzene rings is 1. The first-order valence-electron chi connectivity index (χ1n) is 7.16. The van der Waals surface area contributed by atoms with Gasteiger partial charge in [0.1, 0.15) is 12.4 Å². The minimum Gasteiger partial charge on any atom is -0.309 e. The lowest BCUT2D eigenvalue weighted by atomic mass is 10.2. The van der Waals surface area contributed by atoms with Crippen molar-refractivity contribution in [3.8, 4) is 0 Å². The van der Waals surface area contributed by atoms with Crippen LogP contribution in [0.15, 0.2) is 53.4 Å². The number of aryl methyl sites for hydroxylation is 1. The fourth-order valence-corrected chi connectivity index (χ4v) is 2.65. The predicted octanol–water partition coefficient (Wildman–Crippen LogP) is 2.84. The van der Waals surface area contributed by atoms with E-state index < -0.39 is 0 Å². The summed E-state index contributed by atoms with van der Waals surface area (Å²) in [7, 11) is 0. The predicted molar refractivity (Wildman–Crippen MR) is 91.1 cm³/mol. The van der Waals surface area contributed by atoms with Gasteiger partial charge in [-0.2, -0.15) is 10.2 Å². The molecule has 0 saturated heterocycles. The van der Waals surface area contributed by atoms with Crippen LogP contribution in [-0.2, 0) is 17.9 Å². The molecule has 23 heavy (non-hydrogen) atoms. The summed E-state index contributed by atoms with van der Waals surface area (Å²) < 4.78 is 4.38. The number of nitrogens with zero attached hydrogens (tertiary/aromatic N) is 4. The van der Waals surface area contributed by atoms with Crippen LogP contribution in [0.2, 0.25) is 0 Å². The Kier molecular flexibility index (Phi) is 4.57. The van der Waals surface area contributed by atoms with Crippen molar-refractivity contribution in [3.05, 3.63) is 64.5 Å². The molecule has 0 aliphatic carbocycles. The van der Waals surface area contributed by atoms with Crippen LogP contribution >= 0.6 is 15.9 Å². The van der Waals surface area contributed by atoms with Crippen molar-refractivity contribution < 1.29 is 4.79 Å². The molecule has 2 heterocycles. The number of halogens is 1. The van der Waals surface area contributed by atoms with Crippen molar-refractivity contribution in [2.24, 2.45) is 0 Å². The number of rotatable bonds is 5. The third kappa shape index (κ3) is 3.87. The molecule has 0 unspecified atom stereocenters. The molecular formula is C16H16BrN5O. The second-order valence-electron chi connectivity index (χ2n) is 5.23. The average Bonchev–Trinajstić information content (AvgIpc) is 3.11. The van der Waals surface area contributed by atoms with Crippen LogP contribution in [0.1, 0.15) is 11.1 Å². The van der Waals surface area contributed by atoms with Gasteiger partial charge in [0.2, 0.25) is 5.91 Å². The van der Waals surface area contributed by atoms with Crippen molar-refractivity contribution in [1.82, 2.24) is 19.6 Å². The molecule has 0 radical (unpaired) electrons. The van der Waals surface area contributed by atoms with Crippen molar-refractivity contribution in [2.75, 3.05) is 5.32 Å². The van der Waals surface area contributed by atoms with Gasteiger partial charge in [0.05, 0.1) is 18.9 Å². The van der Waals surface area contributed by atoms with Gasteiger partial charge in [-0.3, -0.25) is 9.48 Å². The summed E-state index contributed by atoms with van der Waals surface area (Å²) in [5.74, 6) is 0.525. The number of carbonyl (C=O) groups excluding carboxylic acids is 1. The number of anilines is 1. The number of hydrogen-bond donors (Lipinski definition) is 1. The lowest BCUT2D eigenvalue weighted by Gasteiger charge is -2.10.